The molecule has 5 nitrogen and oxygen atoms in total. The van der Waals surface area contributed by atoms with E-state index in [1.807, 2.05) is 55.5 Å². The second-order valence-corrected chi connectivity index (χ2v) is 5.90. The Hall–Kier alpha value is -2.82. The molecule has 2 rings (SSSR count). The fraction of sp³-hybridized carbons (Fsp3) is 0.263. The van der Waals surface area contributed by atoms with Crippen molar-refractivity contribution in [2.24, 2.45) is 5.10 Å². The molecule has 0 aromatic heterocycles. The van der Waals surface area contributed by atoms with E-state index in [0.29, 0.717) is 5.75 Å². The van der Waals surface area contributed by atoms with Crippen LogP contribution < -0.4 is 14.9 Å². The van der Waals surface area contributed by atoms with E-state index in [1.165, 1.54) is 0 Å². The number of nitrogens with one attached hydrogen (secondary N) is 1. The molecule has 2 aromatic carbocycles. The standard InChI is InChI=1S/C19H22N2O3/c1-14-6-5-7-17(12-14)24-19(2,3)18(22)21-20-13-15-8-10-16(23-4)11-9-15/h5-13H,1-4H3,(H,21,22)/b20-13+. The van der Waals surface area contributed by atoms with E-state index in [2.05, 4.69) is 10.5 Å². The summed E-state index contributed by atoms with van der Waals surface area (Å²) < 4.78 is 10.9. The Morgan fingerprint density at radius 3 is 2.46 bits per heavy atom. The van der Waals surface area contributed by atoms with E-state index in [4.69, 9.17) is 9.47 Å². The monoisotopic (exact) mass is 326 g/mol. The number of carbonyl (C=O) groups is 1. The second kappa shape index (κ2) is 7.64. The first kappa shape index (κ1) is 17.5. The SMILES string of the molecule is COc1ccc(/C=N/NC(=O)C(C)(C)Oc2cccc(C)c2)cc1. The molecule has 0 heterocycles. The summed E-state index contributed by atoms with van der Waals surface area (Å²) in [4.78, 5) is 12.3. The number of methoxy groups -OCH3 is 1. The van der Waals surface area contributed by atoms with Crippen LogP contribution in [-0.4, -0.2) is 24.8 Å². The largest absolute Gasteiger partial charge is 0.497 e. The van der Waals surface area contributed by atoms with E-state index in [1.54, 1.807) is 27.2 Å². The molecule has 2 aromatic rings. The quantitative estimate of drug-likeness (QED) is 0.654. The summed E-state index contributed by atoms with van der Waals surface area (Å²) in [5, 5.41) is 3.98. The minimum atomic E-state index is -1.04. The lowest BCUT2D eigenvalue weighted by Crippen LogP contribution is -2.44. The molecule has 24 heavy (non-hydrogen) atoms. The van der Waals surface area contributed by atoms with Gasteiger partial charge in [-0.1, -0.05) is 12.1 Å². The van der Waals surface area contributed by atoms with Crippen LogP contribution in [0.2, 0.25) is 0 Å². The topological polar surface area (TPSA) is 59.9 Å². The second-order valence-electron chi connectivity index (χ2n) is 5.90. The summed E-state index contributed by atoms with van der Waals surface area (Å²) in [7, 11) is 1.61. The van der Waals surface area contributed by atoms with Gasteiger partial charge in [-0.25, -0.2) is 5.43 Å². The predicted octanol–water partition coefficient (Wildman–Crippen LogP) is 3.31. The Bertz CT molecular complexity index is 722. The Morgan fingerprint density at radius 1 is 1.12 bits per heavy atom. The lowest BCUT2D eigenvalue weighted by molar-refractivity contribution is -0.134. The van der Waals surface area contributed by atoms with Crippen LogP contribution in [0, 0.1) is 6.92 Å². The third-order valence-electron chi connectivity index (χ3n) is 3.40. The number of ether oxygens (including phenoxy) is 2. The number of carbonyl (C=O) groups excluding carboxylic acids is 1. The molecule has 0 fully saturated rings. The maximum absolute atomic E-state index is 12.3. The molecular formula is C19H22N2O3. The van der Waals surface area contributed by atoms with Crippen molar-refractivity contribution in [3.63, 3.8) is 0 Å². The fourth-order valence-electron chi connectivity index (χ4n) is 2.01. The molecule has 0 aliphatic heterocycles. The van der Waals surface area contributed by atoms with Crippen LogP contribution in [0.4, 0.5) is 0 Å². The van der Waals surface area contributed by atoms with Gasteiger partial charge in [0.2, 0.25) is 0 Å². The third kappa shape index (κ3) is 4.84. The number of amides is 1. The zero-order valence-electron chi connectivity index (χ0n) is 14.4. The summed E-state index contributed by atoms with van der Waals surface area (Å²) in [5.74, 6) is 1.09. The normalized spacial score (nSPS) is 11.3. The van der Waals surface area contributed by atoms with Crippen LogP contribution in [0.1, 0.15) is 25.0 Å². The van der Waals surface area contributed by atoms with Crippen molar-refractivity contribution in [3.8, 4) is 11.5 Å². The first-order chi connectivity index (χ1) is 11.4. The lowest BCUT2D eigenvalue weighted by Gasteiger charge is -2.24. The van der Waals surface area contributed by atoms with Crippen molar-refractivity contribution in [1.29, 1.82) is 0 Å². The lowest BCUT2D eigenvalue weighted by atomic mass is 10.1. The number of nitrogens with zero attached hydrogens (tertiary/aromatic N) is 1. The average Bonchev–Trinajstić information content (AvgIpc) is 2.55. The molecular weight excluding hydrogens is 304 g/mol. The van der Waals surface area contributed by atoms with Crippen molar-refractivity contribution < 1.29 is 14.3 Å². The molecule has 1 amide bonds. The van der Waals surface area contributed by atoms with E-state index >= 15 is 0 Å². The van der Waals surface area contributed by atoms with Crippen LogP contribution in [0.3, 0.4) is 0 Å². The van der Waals surface area contributed by atoms with Gasteiger partial charge >= 0.3 is 0 Å². The highest BCUT2D eigenvalue weighted by molar-refractivity contribution is 5.86. The smallest absolute Gasteiger partial charge is 0.283 e. The predicted molar refractivity (Wildman–Crippen MR) is 94.6 cm³/mol. The molecule has 0 aliphatic rings. The van der Waals surface area contributed by atoms with Crippen molar-refractivity contribution in [2.45, 2.75) is 26.4 Å². The molecule has 0 bridgehead atoms. The summed E-state index contributed by atoms with van der Waals surface area (Å²) in [6.07, 6.45) is 1.57. The van der Waals surface area contributed by atoms with Gasteiger partial charge in [0, 0.05) is 0 Å². The van der Waals surface area contributed by atoms with Gasteiger partial charge in [-0.15, -0.1) is 0 Å². The highest BCUT2D eigenvalue weighted by atomic mass is 16.5. The highest BCUT2D eigenvalue weighted by Gasteiger charge is 2.29. The van der Waals surface area contributed by atoms with Crippen molar-refractivity contribution in [1.82, 2.24) is 5.43 Å². The van der Waals surface area contributed by atoms with Gasteiger partial charge in [-0.3, -0.25) is 4.79 Å². The third-order valence-corrected chi connectivity index (χ3v) is 3.40. The summed E-state index contributed by atoms with van der Waals surface area (Å²) in [6, 6.07) is 14.9. The molecule has 0 unspecified atom stereocenters. The fourth-order valence-corrected chi connectivity index (χ4v) is 2.01. The van der Waals surface area contributed by atoms with Gasteiger partial charge in [0.1, 0.15) is 11.5 Å². The van der Waals surface area contributed by atoms with Gasteiger partial charge in [-0.05, 0) is 68.3 Å². The number of hydrazone groups is 1. The van der Waals surface area contributed by atoms with Crippen LogP contribution in [-0.2, 0) is 4.79 Å². The molecule has 0 aliphatic carbocycles. The first-order valence-corrected chi connectivity index (χ1v) is 7.64. The number of hydrogen-bond acceptors (Lipinski definition) is 4. The Morgan fingerprint density at radius 2 is 1.83 bits per heavy atom. The van der Waals surface area contributed by atoms with Gasteiger partial charge < -0.3 is 9.47 Å². The number of hydrogen-bond donors (Lipinski definition) is 1. The Balaban J connectivity index is 1.95. The van der Waals surface area contributed by atoms with E-state index in [0.717, 1.165) is 16.9 Å². The van der Waals surface area contributed by atoms with Gasteiger partial charge in [0.05, 0.1) is 13.3 Å². The molecule has 5 heteroatoms. The van der Waals surface area contributed by atoms with E-state index in [9.17, 15) is 4.79 Å². The zero-order valence-corrected chi connectivity index (χ0v) is 14.4. The number of benzene rings is 2. The molecule has 0 radical (unpaired) electrons. The minimum absolute atomic E-state index is 0.325. The summed E-state index contributed by atoms with van der Waals surface area (Å²) in [6.45, 7) is 5.38. The molecule has 1 N–H and O–H groups in total. The van der Waals surface area contributed by atoms with E-state index in [-0.39, 0.29) is 5.91 Å². The van der Waals surface area contributed by atoms with Crippen LogP contribution >= 0.6 is 0 Å². The minimum Gasteiger partial charge on any atom is -0.497 e. The van der Waals surface area contributed by atoms with Crippen LogP contribution in [0.25, 0.3) is 0 Å². The van der Waals surface area contributed by atoms with Crippen LogP contribution in [0.15, 0.2) is 53.6 Å². The number of rotatable bonds is 6. The molecule has 0 saturated heterocycles. The zero-order chi connectivity index (χ0) is 17.6. The summed E-state index contributed by atoms with van der Waals surface area (Å²) >= 11 is 0. The van der Waals surface area contributed by atoms with Crippen molar-refractivity contribution in [3.05, 3.63) is 59.7 Å². The molecule has 0 spiro atoms. The highest BCUT2D eigenvalue weighted by Crippen LogP contribution is 2.19. The van der Waals surface area contributed by atoms with E-state index < -0.39 is 5.60 Å². The average molecular weight is 326 g/mol. The van der Waals surface area contributed by atoms with Crippen LogP contribution in [0.5, 0.6) is 11.5 Å². The maximum atomic E-state index is 12.3. The Kier molecular flexibility index (Phi) is 5.58. The Labute approximate surface area is 142 Å². The van der Waals surface area contributed by atoms with Gasteiger partial charge in [-0.2, -0.15) is 5.10 Å². The van der Waals surface area contributed by atoms with Crippen molar-refractivity contribution in [2.75, 3.05) is 7.11 Å². The van der Waals surface area contributed by atoms with Crippen molar-refractivity contribution >= 4 is 12.1 Å². The van der Waals surface area contributed by atoms with Gasteiger partial charge in [0.25, 0.3) is 5.91 Å². The maximum Gasteiger partial charge on any atom is 0.283 e. The number of aryl methyl sites for hydroxylation is 1. The summed E-state index contributed by atoms with van der Waals surface area (Å²) in [5.41, 5.74) is 3.40. The molecule has 126 valence electrons. The molecule has 0 saturated carbocycles. The first-order valence-electron chi connectivity index (χ1n) is 7.64. The molecule has 0 atom stereocenters. The van der Waals surface area contributed by atoms with Gasteiger partial charge in [0.15, 0.2) is 5.60 Å².